The highest BCUT2D eigenvalue weighted by Gasteiger charge is 2.31. The largest absolute Gasteiger partial charge is 0.321 e. The summed E-state index contributed by atoms with van der Waals surface area (Å²) >= 11 is 0. The molecule has 3 rings (SSSR count). The van der Waals surface area contributed by atoms with Crippen LogP contribution >= 0.6 is 0 Å². The van der Waals surface area contributed by atoms with Gasteiger partial charge in [0.2, 0.25) is 0 Å². The lowest BCUT2D eigenvalue weighted by Gasteiger charge is -2.23. The number of nitrogens with two attached hydrogens (primary N) is 1. The maximum absolute atomic E-state index is 6.41. The molecular weight excluding hydrogens is 198 g/mol. The van der Waals surface area contributed by atoms with Crippen LogP contribution in [-0.4, -0.2) is 9.97 Å². The van der Waals surface area contributed by atoms with Crippen LogP contribution in [0.15, 0.2) is 30.7 Å². The minimum Gasteiger partial charge on any atom is -0.321 e. The molecule has 0 atom stereocenters. The monoisotopic (exact) mass is 213 g/mol. The Labute approximate surface area is 94.7 Å². The highest BCUT2D eigenvalue weighted by molar-refractivity contribution is 5.77. The van der Waals surface area contributed by atoms with Crippen molar-refractivity contribution in [3.8, 4) is 0 Å². The minimum absolute atomic E-state index is 0.156. The molecule has 82 valence electrons. The van der Waals surface area contributed by atoms with Crippen LogP contribution in [0.5, 0.6) is 0 Å². The molecule has 0 aliphatic heterocycles. The van der Waals surface area contributed by atoms with Gasteiger partial charge in [-0.2, -0.15) is 0 Å². The van der Waals surface area contributed by atoms with Crippen molar-refractivity contribution >= 4 is 10.9 Å². The lowest BCUT2D eigenvalue weighted by Crippen LogP contribution is -2.33. The molecule has 0 bridgehead atoms. The molecule has 2 N–H and O–H groups in total. The Morgan fingerprint density at radius 2 is 2.00 bits per heavy atom. The summed E-state index contributed by atoms with van der Waals surface area (Å²) in [7, 11) is 0. The number of aromatic nitrogens is 2. The van der Waals surface area contributed by atoms with E-state index in [-0.39, 0.29) is 5.54 Å². The second-order valence-corrected chi connectivity index (χ2v) is 4.66. The first-order chi connectivity index (χ1) is 7.78. The molecule has 0 amide bonds. The third-order valence-electron chi connectivity index (χ3n) is 3.55. The van der Waals surface area contributed by atoms with Gasteiger partial charge in [-0.25, -0.2) is 0 Å². The van der Waals surface area contributed by atoms with Crippen LogP contribution < -0.4 is 5.73 Å². The molecule has 1 aliphatic carbocycles. The third kappa shape index (κ3) is 1.48. The number of hydrogen-bond acceptors (Lipinski definition) is 3. The molecule has 1 saturated carbocycles. The van der Waals surface area contributed by atoms with Gasteiger partial charge in [-0.1, -0.05) is 12.8 Å². The second kappa shape index (κ2) is 3.52. The third-order valence-corrected chi connectivity index (χ3v) is 3.55. The van der Waals surface area contributed by atoms with Crippen molar-refractivity contribution in [1.82, 2.24) is 9.97 Å². The number of pyridine rings is 2. The molecule has 16 heavy (non-hydrogen) atoms. The summed E-state index contributed by atoms with van der Waals surface area (Å²) in [4.78, 5) is 8.57. The van der Waals surface area contributed by atoms with E-state index in [1.165, 1.54) is 12.8 Å². The molecule has 3 nitrogen and oxygen atoms in total. The van der Waals surface area contributed by atoms with E-state index >= 15 is 0 Å². The highest BCUT2D eigenvalue weighted by atomic mass is 14.8. The molecule has 2 aromatic rings. The minimum atomic E-state index is -0.156. The van der Waals surface area contributed by atoms with Crippen molar-refractivity contribution in [3.63, 3.8) is 0 Å². The maximum atomic E-state index is 6.41. The zero-order valence-electron chi connectivity index (χ0n) is 9.19. The summed E-state index contributed by atoms with van der Waals surface area (Å²) in [6, 6.07) is 4.07. The predicted molar refractivity (Wildman–Crippen MR) is 63.9 cm³/mol. The maximum Gasteiger partial charge on any atom is 0.0732 e. The standard InChI is InChI=1S/C13H15N3/c14-13(4-1-2-5-13)11-7-10-8-15-6-3-12(10)16-9-11/h3,6-9H,1-2,4-5,14H2. The summed E-state index contributed by atoms with van der Waals surface area (Å²) in [5, 5.41) is 1.08. The molecule has 0 radical (unpaired) electrons. The van der Waals surface area contributed by atoms with Crippen molar-refractivity contribution in [2.45, 2.75) is 31.2 Å². The fraction of sp³-hybridized carbons (Fsp3) is 0.385. The van der Waals surface area contributed by atoms with Crippen LogP contribution in [0.25, 0.3) is 10.9 Å². The van der Waals surface area contributed by atoms with Crippen molar-refractivity contribution in [2.75, 3.05) is 0 Å². The number of nitrogens with zero attached hydrogens (tertiary/aromatic N) is 2. The van der Waals surface area contributed by atoms with Gasteiger partial charge in [-0.15, -0.1) is 0 Å². The van der Waals surface area contributed by atoms with Gasteiger partial charge < -0.3 is 5.73 Å². The molecule has 1 fully saturated rings. The van der Waals surface area contributed by atoms with Gasteiger partial charge in [-0.05, 0) is 30.5 Å². The fourth-order valence-electron chi connectivity index (χ4n) is 2.54. The zero-order valence-corrected chi connectivity index (χ0v) is 9.19. The predicted octanol–water partition coefficient (Wildman–Crippen LogP) is 2.36. The fourth-order valence-corrected chi connectivity index (χ4v) is 2.54. The highest BCUT2D eigenvalue weighted by Crippen LogP contribution is 2.36. The lowest BCUT2D eigenvalue weighted by molar-refractivity contribution is 0.461. The van der Waals surface area contributed by atoms with E-state index < -0.39 is 0 Å². The van der Waals surface area contributed by atoms with Gasteiger partial charge in [0.25, 0.3) is 0 Å². The molecule has 2 heterocycles. The number of rotatable bonds is 1. The Hall–Kier alpha value is -1.48. The smallest absolute Gasteiger partial charge is 0.0732 e. The molecule has 1 aliphatic rings. The average Bonchev–Trinajstić information content (AvgIpc) is 2.77. The van der Waals surface area contributed by atoms with Gasteiger partial charge in [0.15, 0.2) is 0 Å². The lowest BCUT2D eigenvalue weighted by atomic mass is 9.90. The first-order valence-electron chi connectivity index (χ1n) is 5.77. The Kier molecular flexibility index (Phi) is 2.14. The first kappa shape index (κ1) is 9.73. The van der Waals surface area contributed by atoms with Crippen LogP contribution in [0.3, 0.4) is 0 Å². The van der Waals surface area contributed by atoms with E-state index in [0.29, 0.717) is 0 Å². The SMILES string of the molecule is NC1(c2cnc3ccncc3c2)CCCC1. The van der Waals surface area contributed by atoms with Crippen LogP contribution in [0.2, 0.25) is 0 Å². The van der Waals surface area contributed by atoms with Gasteiger partial charge >= 0.3 is 0 Å². The van der Waals surface area contributed by atoms with Gasteiger partial charge in [0, 0.05) is 29.5 Å². The first-order valence-corrected chi connectivity index (χ1v) is 5.77. The van der Waals surface area contributed by atoms with E-state index in [0.717, 1.165) is 29.3 Å². The molecular formula is C13H15N3. The van der Waals surface area contributed by atoms with Crippen molar-refractivity contribution in [3.05, 3.63) is 36.3 Å². The molecule has 0 spiro atoms. The van der Waals surface area contributed by atoms with Crippen molar-refractivity contribution in [1.29, 1.82) is 0 Å². The molecule has 3 heteroatoms. The van der Waals surface area contributed by atoms with E-state index in [2.05, 4.69) is 16.0 Å². The van der Waals surface area contributed by atoms with Crippen LogP contribution in [0, 0.1) is 0 Å². The quantitative estimate of drug-likeness (QED) is 0.791. The Bertz CT molecular complexity index is 515. The Balaban J connectivity index is 2.11. The molecule has 0 aromatic carbocycles. The summed E-state index contributed by atoms with van der Waals surface area (Å²) in [6.07, 6.45) is 10.1. The summed E-state index contributed by atoms with van der Waals surface area (Å²) < 4.78 is 0. The van der Waals surface area contributed by atoms with E-state index in [4.69, 9.17) is 5.73 Å². The van der Waals surface area contributed by atoms with E-state index in [9.17, 15) is 0 Å². The topological polar surface area (TPSA) is 51.8 Å². The zero-order chi connectivity index (χ0) is 11.0. The van der Waals surface area contributed by atoms with Crippen molar-refractivity contribution in [2.24, 2.45) is 5.73 Å². The van der Waals surface area contributed by atoms with Crippen molar-refractivity contribution < 1.29 is 0 Å². The number of fused-ring (bicyclic) bond motifs is 1. The molecule has 2 aromatic heterocycles. The molecule has 0 unspecified atom stereocenters. The normalized spacial score (nSPS) is 19.1. The van der Waals surface area contributed by atoms with Crippen LogP contribution in [0.4, 0.5) is 0 Å². The summed E-state index contributed by atoms with van der Waals surface area (Å²) in [6.45, 7) is 0. The van der Waals surface area contributed by atoms with Gasteiger partial charge in [-0.3, -0.25) is 9.97 Å². The Morgan fingerprint density at radius 1 is 1.19 bits per heavy atom. The Morgan fingerprint density at radius 3 is 2.81 bits per heavy atom. The van der Waals surface area contributed by atoms with E-state index in [1.807, 2.05) is 18.5 Å². The summed E-state index contributed by atoms with van der Waals surface area (Å²) in [5.74, 6) is 0. The average molecular weight is 213 g/mol. The second-order valence-electron chi connectivity index (χ2n) is 4.66. The van der Waals surface area contributed by atoms with Crippen LogP contribution in [0.1, 0.15) is 31.2 Å². The van der Waals surface area contributed by atoms with Crippen LogP contribution in [-0.2, 0) is 5.54 Å². The summed E-state index contributed by atoms with van der Waals surface area (Å²) in [5.41, 5.74) is 8.40. The molecule has 0 saturated heterocycles. The van der Waals surface area contributed by atoms with Gasteiger partial charge in [0.05, 0.1) is 5.52 Å². The van der Waals surface area contributed by atoms with Gasteiger partial charge in [0.1, 0.15) is 0 Å². The van der Waals surface area contributed by atoms with E-state index in [1.54, 1.807) is 6.20 Å². The number of hydrogen-bond donors (Lipinski definition) is 1.